The molecule has 0 aliphatic rings. The lowest BCUT2D eigenvalue weighted by molar-refractivity contribution is 0.0506. The van der Waals surface area contributed by atoms with E-state index in [-0.39, 0.29) is 27.8 Å². The second kappa shape index (κ2) is 9.82. The van der Waals surface area contributed by atoms with Crippen molar-refractivity contribution in [2.45, 2.75) is 40.7 Å². The maximum Gasteiger partial charge on any atom is 0.348 e. The molecule has 0 aliphatic carbocycles. The third-order valence-corrected chi connectivity index (χ3v) is 5.87. The Kier molecular flexibility index (Phi) is 7.14. The number of aromatic nitrogens is 2. The summed E-state index contributed by atoms with van der Waals surface area (Å²) in [7, 11) is 1.25. The molecule has 32 heavy (non-hydrogen) atoms. The molecule has 0 atom stereocenters. The summed E-state index contributed by atoms with van der Waals surface area (Å²) in [6, 6.07) is 5.20. The first-order valence-electron chi connectivity index (χ1n) is 10.0. The number of hydrogen-bond donors (Lipinski definition) is 1. The molecule has 3 aromatic heterocycles. The summed E-state index contributed by atoms with van der Waals surface area (Å²) in [5.41, 5.74) is 2.39. The Balaban J connectivity index is 1.83. The van der Waals surface area contributed by atoms with E-state index >= 15 is 0 Å². The Labute approximate surface area is 189 Å². The van der Waals surface area contributed by atoms with Gasteiger partial charge in [0.25, 0.3) is 5.91 Å². The van der Waals surface area contributed by atoms with Crippen LogP contribution in [0.15, 0.2) is 22.6 Å². The molecule has 0 saturated heterocycles. The molecule has 3 heterocycles. The summed E-state index contributed by atoms with van der Waals surface area (Å²) in [5, 5.41) is 7.25. The summed E-state index contributed by atoms with van der Waals surface area (Å²) in [4.78, 5) is 37.7. The quantitative estimate of drug-likeness (QED) is 0.504. The van der Waals surface area contributed by atoms with Gasteiger partial charge in [0.15, 0.2) is 5.76 Å². The van der Waals surface area contributed by atoms with Crippen molar-refractivity contribution in [2.24, 2.45) is 0 Å². The van der Waals surface area contributed by atoms with E-state index in [1.165, 1.54) is 7.11 Å². The van der Waals surface area contributed by atoms with E-state index in [1.807, 2.05) is 26.8 Å². The van der Waals surface area contributed by atoms with Crippen molar-refractivity contribution < 1.29 is 28.3 Å². The normalized spacial score (nSPS) is 10.8. The number of furan rings is 1. The maximum absolute atomic E-state index is 12.8. The van der Waals surface area contributed by atoms with Crippen LogP contribution in [0.1, 0.15) is 66.6 Å². The molecule has 0 fully saturated rings. The number of rotatable bonds is 8. The standard InChI is InChI=1S/C22H25N3O6S/c1-6-9-30-21(27)17-14(4)18(22(28)29-5)32-20(17)23-19(26)16-8-7-15(31-16)11-25-13(3)10-12(2)24-25/h7-8,10H,6,9,11H2,1-5H3,(H,23,26). The van der Waals surface area contributed by atoms with Crippen LogP contribution >= 0.6 is 11.3 Å². The highest BCUT2D eigenvalue weighted by molar-refractivity contribution is 7.18. The summed E-state index contributed by atoms with van der Waals surface area (Å²) in [6.07, 6.45) is 0.644. The van der Waals surface area contributed by atoms with Crippen molar-refractivity contribution in [1.82, 2.24) is 9.78 Å². The Morgan fingerprint density at radius 3 is 2.56 bits per heavy atom. The van der Waals surface area contributed by atoms with Crippen LogP contribution in [0.3, 0.4) is 0 Å². The minimum atomic E-state index is -0.615. The molecule has 0 unspecified atom stereocenters. The van der Waals surface area contributed by atoms with Gasteiger partial charge in [-0.2, -0.15) is 5.10 Å². The Bertz CT molecular complexity index is 1160. The number of nitrogens with zero attached hydrogens (tertiary/aromatic N) is 2. The molecular weight excluding hydrogens is 434 g/mol. The van der Waals surface area contributed by atoms with Crippen molar-refractivity contribution in [1.29, 1.82) is 0 Å². The number of thiophene rings is 1. The minimum absolute atomic E-state index is 0.0695. The van der Waals surface area contributed by atoms with Crippen molar-refractivity contribution in [3.8, 4) is 0 Å². The molecule has 0 radical (unpaired) electrons. The van der Waals surface area contributed by atoms with E-state index < -0.39 is 17.8 Å². The highest BCUT2D eigenvalue weighted by Crippen LogP contribution is 2.34. The Morgan fingerprint density at radius 1 is 1.19 bits per heavy atom. The molecule has 10 heteroatoms. The number of esters is 2. The molecule has 3 rings (SSSR count). The van der Waals surface area contributed by atoms with Gasteiger partial charge in [-0.1, -0.05) is 6.92 Å². The van der Waals surface area contributed by atoms with Crippen LogP contribution in [0.5, 0.6) is 0 Å². The number of hydrogen-bond acceptors (Lipinski definition) is 8. The van der Waals surface area contributed by atoms with Crippen LogP contribution in [0.25, 0.3) is 0 Å². The third-order valence-electron chi connectivity index (χ3n) is 4.68. The molecule has 170 valence electrons. The van der Waals surface area contributed by atoms with Crippen molar-refractivity contribution in [2.75, 3.05) is 19.0 Å². The zero-order chi connectivity index (χ0) is 23.4. The van der Waals surface area contributed by atoms with Gasteiger partial charge in [0.1, 0.15) is 15.6 Å². The SMILES string of the molecule is CCCOC(=O)c1c(NC(=O)c2ccc(Cn3nc(C)cc3C)o2)sc(C(=O)OC)c1C. The lowest BCUT2D eigenvalue weighted by Crippen LogP contribution is -2.14. The molecule has 0 aromatic carbocycles. The largest absolute Gasteiger partial charge is 0.465 e. The summed E-state index contributed by atoms with van der Waals surface area (Å²) in [5.74, 6) is -1.13. The number of ether oxygens (including phenoxy) is 2. The van der Waals surface area contributed by atoms with Gasteiger partial charge >= 0.3 is 11.9 Å². The molecule has 9 nitrogen and oxygen atoms in total. The molecule has 1 amide bonds. The molecule has 0 bridgehead atoms. The van der Waals surface area contributed by atoms with Gasteiger partial charge in [-0.3, -0.25) is 9.48 Å². The second-order valence-corrected chi connectivity index (χ2v) is 8.21. The highest BCUT2D eigenvalue weighted by Gasteiger charge is 2.28. The van der Waals surface area contributed by atoms with Crippen LogP contribution in [0, 0.1) is 20.8 Å². The van der Waals surface area contributed by atoms with Crippen LogP contribution in [0.4, 0.5) is 5.00 Å². The monoisotopic (exact) mass is 459 g/mol. The van der Waals surface area contributed by atoms with Gasteiger partial charge in [0, 0.05) is 5.69 Å². The first-order valence-corrected chi connectivity index (χ1v) is 10.9. The number of anilines is 1. The molecule has 0 aliphatic heterocycles. The Hall–Kier alpha value is -3.40. The van der Waals surface area contributed by atoms with E-state index in [9.17, 15) is 14.4 Å². The van der Waals surface area contributed by atoms with Crippen LogP contribution in [0.2, 0.25) is 0 Å². The van der Waals surface area contributed by atoms with E-state index in [1.54, 1.807) is 23.7 Å². The fraction of sp³-hybridized carbons (Fsp3) is 0.364. The van der Waals surface area contributed by atoms with Gasteiger partial charge in [0.05, 0.1) is 31.5 Å². The number of carbonyl (C=O) groups is 3. The molecule has 1 N–H and O–H groups in total. The van der Waals surface area contributed by atoms with Gasteiger partial charge in [-0.05, 0) is 51.0 Å². The molecular formula is C22H25N3O6S. The average molecular weight is 460 g/mol. The summed E-state index contributed by atoms with van der Waals surface area (Å²) < 4.78 is 17.5. The number of nitrogens with one attached hydrogen (secondary N) is 1. The number of carbonyl (C=O) groups excluding carboxylic acids is 3. The fourth-order valence-electron chi connectivity index (χ4n) is 3.13. The maximum atomic E-state index is 12.8. The van der Waals surface area contributed by atoms with E-state index in [0.29, 0.717) is 24.3 Å². The van der Waals surface area contributed by atoms with Gasteiger partial charge < -0.3 is 19.2 Å². The summed E-state index contributed by atoms with van der Waals surface area (Å²) in [6.45, 7) is 7.93. The van der Waals surface area contributed by atoms with Crippen molar-refractivity contribution in [3.05, 3.63) is 57.1 Å². The van der Waals surface area contributed by atoms with Crippen molar-refractivity contribution in [3.63, 3.8) is 0 Å². The predicted molar refractivity (Wildman–Crippen MR) is 118 cm³/mol. The summed E-state index contributed by atoms with van der Waals surface area (Å²) >= 11 is 0.955. The minimum Gasteiger partial charge on any atom is -0.465 e. The molecule has 0 saturated carbocycles. The lowest BCUT2D eigenvalue weighted by atomic mass is 10.1. The van der Waals surface area contributed by atoms with E-state index in [4.69, 9.17) is 13.9 Å². The smallest absolute Gasteiger partial charge is 0.348 e. The highest BCUT2D eigenvalue weighted by atomic mass is 32.1. The fourth-order valence-corrected chi connectivity index (χ4v) is 4.24. The molecule has 0 spiro atoms. The average Bonchev–Trinajstić information content (AvgIpc) is 3.43. The van der Waals surface area contributed by atoms with Crippen LogP contribution in [-0.4, -0.2) is 41.3 Å². The first-order chi connectivity index (χ1) is 15.2. The zero-order valence-electron chi connectivity index (χ0n) is 18.6. The second-order valence-electron chi connectivity index (χ2n) is 7.19. The zero-order valence-corrected chi connectivity index (χ0v) is 19.4. The predicted octanol–water partition coefficient (Wildman–Crippen LogP) is 4.12. The third kappa shape index (κ3) is 4.91. The van der Waals surface area contributed by atoms with Crippen molar-refractivity contribution >= 4 is 34.2 Å². The number of amides is 1. The molecule has 3 aromatic rings. The topological polar surface area (TPSA) is 113 Å². The van der Waals surface area contributed by atoms with Gasteiger partial charge in [-0.15, -0.1) is 11.3 Å². The lowest BCUT2D eigenvalue weighted by Gasteiger charge is -2.07. The van der Waals surface area contributed by atoms with E-state index in [2.05, 4.69) is 10.4 Å². The van der Waals surface area contributed by atoms with Gasteiger partial charge in [-0.25, -0.2) is 9.59 Å². The number of methoxy groups -OCH3 is 1. The van der Waals surface area contributed by atoms with Crippen LogP contribution < -0.4 is 5.32 Å². The number of aryl methyl sites for hydroxylation is 2. The Morgan fingerprint density at radius 2 is 1.94 bits per heavy atom. The first kappa shape index (κ1) is 23.3. The van der Waals surface area contributed by atoms with Crippen LogP contribution in [-0.2, 0) is 16.0 Å². The van der Waals surface area contributed by atoms with E-state index in [0.717, 1.165) is 22.7 Å². The van der Waals surface area contributed by atoms with Gasteiger partial charge in [0.2, 0.25) is 0 Å².